The molecule has 0 radical (unpaired) electrons. The summed E-state index contributed by atoms with van der Waals surface area (Å²) in [6, 6.07) is 12.7. The van der Waals surface area contributed by atoms with Crippen molar-refractivity contribution >= 4 is 23.2 Å². The Bertz CT molecular complexity index is 581. The monoisotopic (exact) mass is 325 g/mol. The van der Waals surface area contributed by atoms with Crippen LogP contribution in [-0.2, 0) is 12.8 Å². The molecule has 0 amide bonds. The first-order valence-electron chi connectivity index (χ1n) is 7.01. The smallest absolute Gasteiger partial charge is 0.127 e. The van der Waals surface area contributed by atoms with Gasteiger partial charge in [0.1, 0.15) is 5.82 Å². The lowest BCUT2D eigenvalue weighted by Crippen LogP contribution is -2.33. The van der Waals surface area contributed by atoms with Gasteiger partial charge in [-0.05, 0) is 49.2 Å². The first kappa shape index (κ1) is 16.3. The average molecular weight is 326 g/mol. The minimum atomic E-state index is -0.253. The van der Waals surface area contributed by atoms with E-state index >= 15 is 0 Å². The molecule has 0 aliphatic carbocycles. The molecule has 0 saturated heterocycles. The number of nitrogens with one attached hydrogen (secondary N) is 1. The maximum Gasteiger partial charge on any atom is 0.127 e. The topological polar surface area (TPSA) is 12.0 Å². The van der Waals surface area contributed by atoms with E-state index in [1.54, 1.807) is 12.1 Å². The zero-order valence-corrected chi connectivity index (χ0v) is 13.4. The molecular weight excluding hydrogens is 308 g/mol. The standard InChI is InChI=1S/C17H18Cl2FN/c1-2-21-14(10-12-5-3-6-13(18)9-12)11-15-16(19)7-4-8-17(15)20/h3-9,14,21H,2,10-11H2,1H3. The Kier molecular flexibility index (Phi) is 6.04. The molecule has 1 N–H and O–H groups in total. The number of hydrogen-bond donors (Lipinski definition) is 1. The lowest BCUT2D eigenvalue weighted by atomic mass is 9.98. The van der Waals surface area contributed by atoms with Gasteiger partial charge in [-0.2, -0.15) is 0 Å². The second-order valence-corrected chi connectivity index (χ2v) is 5.84. The van der Waals surface area contributed by atoms with E-state index in [4.69, 9.17) is 23.2 Å². The van der Waals surface area contributed by atoms with Gasteiger partial charge in [-0.1, -0.05) is 48.3 Å². The number of benzene rings is 2. The van der Waals surface area contributed by atoms with Crippen LogP contribution in [0.1, 0.15) is 18.1 Å². The van der Waals surface area contributed by atoms with Crippen molar-refractivity contribution in [2.75, 3.05) is 6.54 Å². The molecule has 1 unspecified atom stereocenters. The largest absolute Gasteiger partial charge is 0.314 e. The van der Waals surface area contributed by atoms with Crippen molar-refractivity contribution in [1.29, 1.82) is 0 Å². The fourth-order valence-corrected chi connectivity index (χ4v) is 2.88. The van der Waals surface area contributed by atoms with Gasteiger partial charge in [-0.3, -0.25) is 0 Å². The van der Waals surface area contributed by atoms with Crippen molar-refractivity contribution < 1.29 is 4.39 Å². The molecule has 1 atom stereocenters. The minimum absolute atomic E-state index is 0.114. The first-order chi connectivity index (χ1) is 10.1. The maximum absolute atomic E-state index is 13.9. The van der Waals surface area contributed by atoms with Gasteiger partial charge in [0.2, 0.25) is 0 Å². The molecule has 2 rings (SSSR count). The van der Waals surface area contributed by atoms with E-state index in [2.05, 4.69) is 5.32 Å². The molecule has 0 fully saturated rings. The Hall–Kier alpha value is -1.09. The second kappa shape index (κ2) is 7.79. The molecule has 0 aliphatic heterocycles. The zero-order valence-electron chi connectivity index (χ0n) is 11.9. The number of likely N-dealkylation sites (N-methyl/N-ethyl adjacent to an activating group) is 1. The van der Waals surface area contributed by atoms with Gasteiger partial charge in [0.15, 0.2) is 0 Å². The summed E-state index contributed by atoms with van der Waals surface area (Å²) in [6.45, 7) is 2.85. The van der Waals surface area contributed by atoms with Crippen LogP contribution in [0.4, 0.5) is 4.39 Å². The SMILES string of the molecule is CCNC(Cc1cccc(Cl)c1)Cc1c(F)cccc1Cl. The molecule has 1 nitrogen and oxygen atoms in total. The molecule has 0 aliphatic rings. The van der Waals surface area contributed by atoms with Gasteiger partial charge >= 0.3 is 0 Å². The predicted molar refractivity (Wildman–Crippen MR) is 87.7 cm³/mol. The number of halogens is 3. The molecule has 0 saturated carbocycles. The van der Waals surface area contributed by atoms with Crippen LogP contribution in [0.5, 0.6) is 0 Å². The van der Waals surface area contributed by atoms with E-state index in [1.165, 1.54) is 6.07 Å². The van der Waals surface area contributed by atoms with E-state index in [1.807, 2.05) is 31.2 Å². The number of hydrogen-bond acceptors (Lipinski definition) is 1. The Morgan fingerprint density at radius 3 is 2.52 bits per heavy atom. The predicted octanol–water partition coefficient (Wildman–Crippen LogP) is 4.90. The summed E-state index contributed by atoms with van der Waals surface area (Å²) < 4.78 is 13.9. The Labute approximate surface area is 135 Å². The lowest BCUT2D eigenvalue weighted by Gasteiger charge is -2.19. The second-order valence-electron chi connectivity index (χ2n) is 4.99. The third kappa shape index (κ3) is 4.70. The molecule has 2 aromatic rings. The summed E-state index contributed by atoms with van der Waals surface area (Å²) in [5.74, 6) is -0.253. The fourth-order valence-electron chi connectivity index (χ4n) is 2.43. The lowest BCUT2D eigenvalue weighted by molar-refractivity contribution is 0.506. The number of rotatable bonds is 6. The summed E-state index contributed by atoms with van der Waals surface area (Å²) in [6.07, 6.45) is 1.32. The molecular formula is C17H18Cl2FN. The van der Waals surface area contributed by atoms with Gasteiger partial charge in [0, 0.05) is 21.7 Å². The van der Waals surface area contributed by atoms with Crippen LogP contribution in [0.25, 0.3) is 0 Å². The molecule has 112 valence electrons. The van der Waals surface area contributed by atoms with Crippen LogP contribution in [0.3, 0.4) is 0 Å². The highest BCUT2D eigenvalue weighted by atomic mass is 35.5. The van der Waals surface area contributed by atoms with Crippen LogP contribution < -0.4 is 5.32 Å². The van der Waals surface area contributed by atoms with Crippen LogP contribution in [-0.4, -0.2) is 12.6 Å². The molecule has 0 aromatic heterocycles. The third-order valence-electron chi connectivity index (χ3n) is 3.38. The Balaban J connectivity index is 2.16. The Morgan fingerprint density at radius 2 is 1.86 bits per heavy atom. The summed E-state index contributed by atoms with van der Waals surface area (Å²) in [5.41, 5.74) is 1.69. The quantitative estimate of drug-likeness (QED) is 0.796. The van der Waals surface area contributed by atoms with E-state index < -0.39 is 0 Å². The highest BCUT2D eigenvalue weighted by Gasteiger charge is 2.15. The van der Waals surface area contributed by atoms with E-state index in [-0.39, 0.29) is 11.9 Å². The van der Waals surface area contributed by atoms with Crippen molar-refractivity contribution in [3.8, 4) is 0 Å². The van der Waals surface area contributed by atoms with E-state index in [0.717, 1.165) is 18.5 Å². The van der Waals surface area contributed by atoms with Crippen molar-refractivity contribution in [2.24, 2.45) is 0 Å². The van der Waals surface area contributed by atoms with Gasteiger partial charge in [-0.15, -0.1) is 0 Å². The summed E-state index contributed by atoms with van der Waals surface area (Å²) in [7, 11) is 0. The molecule has 4 heteroatoms. The summed E-state index contributed by atoms with van der Waals surface area (Å²) in [5, 5.41) is 4.58. The Morgan fingerprint density at radius 1 is 1.10 bits per heavy atom. The highest BCUT2D eigenvalue weighted by Crippen LogP contribution is 2.22. The van der Waals surface area contributed by atoms with Crippen molar-refractivity contribution in [3.05, 3.63) is 69.5 Å². The van der Waals surface area contributed by atoms with Gasteiger partial charge in [0.05, 0.1) is 0 Å². The van der Waals surface area contributed by atoms with Crippen molar-refractivity contribution in [3.63, 3.8) is 0 Å². The molecule has 0 heterocycles. The van der Waals surface area contributed by atoms with Crippen LogP contribution in [0, 0.1) is 5.82 Å². The van der Waals surface area contributed by atoms with Gasteiger partial charge in [-0.25, -0.2) is 4.39 Å². The van der Waals surface area contributed by atoms with Crippen LogP contribution >= 0.6 is 23.2 Å². The minimum Gasteiger partial charge on any atom is -0.314 e. The summed E-state index contributed by atoms with van der Waals surface area (Å²) in [4.78, 5) is 0. The molecule has 2 aromatic carbocycles. The van der Waals surface area contributed by atoms with Gasteiger partial charge < -0.3 is 5.32 Å². The highest BCUT2D eigenvalue weighted by molar-refractivity contribution is 6.31. The maximum atomic E-state index is 13.9. The van der Waals surface area contributed by atoms with Crippen LogP contribution in [0.2, 0.25) is 10.0 Å². The normalized spacial score (nSPS) is 12.4. The van der Waals surface area contributed by atoms with Crippen LogP contribution in [0.15, 0.2) is 42.5 Å². The summed E-state index contributed by atoms with van der Waals surface area (Å²) >= 11 is 12.1. The van der Waals surface area contributed by atoms with Gasteiger partial charge in [0.25, 0.3) is 0 Å². The molecule has 21 heavy (non-hydrogen) atoms. The van der Waals surface area contributed by atoms with E-state index in [9.17, 15) is 4.39 Å². The molecule has 0 bridgehead atoms. The van der Waals surface area contributed by atoms with Crippen molar-refractivity contribution in [2.45, 2.75) is 25.8 Å². The zero-order chi connectivity index (χ0) is 15.2. The molecule has 0 spiro atoms. The van der Waals surface area contributed by atoms with Crippen molar-refractivity contribution in [1.82, 2.24) is 5.32 Å². The fraction of sp³-hybridized carbons (Fsp3) is 0.294. The average Bonchev–Trinajstić information content (AvgIpc) is 2.43. The van der Waals surface area contributed by atoms with E-state index in [0.29, 0.717) is 22.0 Å². The first-order valence-corrected chi connectivity index (χ1v) is 7.76. The third-order valence-corrected chi connectivity index (χ3v) is 3.97.